The zero-order valence-corrected chi connectivity index (χ0v) is 14.9. The van der Waals surface area contributed by atoms with Crippen LogP contribution < -0.4 is 10.6 Å². The summed E-state index contributed by atoms with van der Waals surface area (Å²) in [5, 5.41) is 5.91. The number of hydrogen-bond acceptors (Lipinski definition) is 2. The molecule has 24 heavy (non-hydrogen) atoms. The minimum atomic E-state index is -0.259. The summed E-state index contributed by atoms with van der Waals surface area (Å²) in [6.07, 6.45) is 5.86. The molecule has 0 heterocycles. The Kier molecular flexibility index (Phi) is 4.66. The minimum Gasteiger partial charge on any atom is -0.347 e. The molecule has 3 atom stereocenters. The van der Waals surface area contributed by atoms with Crippen molar-refractivity contribution in [2.75, 3.05) is 5.32 Å². The van der Waals surface area contributed by atoms with E-state index in [2.05, 4.69) is 10.6 Å². The van der Waals surface area contributed by atoms with E-state index < -0.39 is 0 Å². The molecule has 2 saturated carbocycles. The second-order valence-corrected chi connectivity index (χ2v) is 8.47. The van der Waals surface area contributed by atoms with Gasteiger partial charge in [-0.05, 0) is 82.1 Å². The Morgan fingerprint density at radius 2 is 1.79 bits per heavy atom. The van der Waals surface area contributed by atoms with Crippen molar-refractivity contribution in [1.82, 2.24) is 5.32 Å². The van der Waals surface area contributed by atoms with Crippen LogP contribution in [0.5, 0.6) is 0 Å². The fourth-order valence-corrected chi connectivity index (χ4v) is 4.19. The molecule has 4 nitrogen and oxygen atoms in total. The molecule has 4 heteroatoms. The molecular formula is C20H28N2O2. The van der Waals surface area contributed by atoms with Crippen LogP contribution in [0.1, 0.15) is 63.2 Å². The molecule has 2 bridgehead atoms. The highest BCUT2D eigenvalue weighted by Crippen LogP contribution is 2.49. The third-order valence-corrected chi connectivity index (χ3v) is 5.25. The Morgan fingerprint density at radius 3 is 2.33 bits per heavy atom. The van der Waals surface area contributed by atoms with Crippen LogP contribution in [0.25, 0.3) is 0 Å². The van der Waals surface area contributed by atoms with E-state index in [1.807, 2.05) is 20.8 Å². The van der Waals surface area contributed by atoms with Gasteiger partial charge in [0.05, 0.1) is 0 Å². The average molecular weight is 328 g/mol. The van der Waals surface area contributed by atoms with E-state index in [0.717, 1.165) is 17.5 Å². The standard InChI is InChI=1S/C20H28N2O2/c1-20(2,3)22-19(24)14-6-8-17(9-7-14)21-18(23)12-16-11-13-4-5-15(16)10-13/h6-9,13,15-16H,4-5,10-12H2,1-3H3,(H,21,23)(H,22,24)/t13-,15-,16+/m0/s1. The number of carbonyl (C=O) groups is 2. The summed E-state index contributed by atoms with van der Waals surface area (Å²) >= 11 is 0. The summed E-state index contributed by atoms with van der Waals surface area (Å²) in [5.41, 5.74) is 1.11. The minimum absolute atomic E-state index is 0.0950. The zero-order chi connectivity index (χ0) is 17.3. The molecule has 0 spiro atoms. The van der Waals surface area contributed by atoms with Crippen LogP contribution in [0.4, 0.5) is 5.69 Å². The molecule has 0 unspecified atom stereocenters. The van der Waals surface area contributed by atoms with Gasteiger partial charge in [0.2, 0.25) is 5.91 Å². The van der Waals surface area contributed by atoms with Crippen molar-refractivity contribution in [3.63, 3.8) is 0 Å². The highest BCUT2D eigenvalue weighted by atomic mass is 16.2. The number of anilines is 1. The van der Waals surface area contributed by atoms with Gasteiger partial charge in [-0.2, -0.15) is 0 Å². The molecule has 0 aromatic heterocycles. The second-order valence-electron chi connectivity index (χ2n) is 8.47. The van der Waals surface area contributed by atoms with Crippen molar-refractivity contribution in [3.8, 4) is 0 Å². The molecular weight excluding hydrogens is 300 g/mol. The monoisotopic (exact) mass is 328 g/mol. The van der Waals surface area contributed by atoms with Gasteiger partial charge in [-0.3, -0.25) is 9.59 Å². The van der Waals surface area contributed by atoms with E-state index in [9.17, 15) is 9.59 Å². The second kappa shape index (κ2) is 6.58. The quantitative estimate of drug-likeness (QED) is 0.878. The van der Waals surface area contributed by atoms with E-state index in [-0.39, 0.29) is 17.4 Å². The fraction of sp³-hybridized carbons (Fsp3) is 0.600. The smallest absolute Gasteiger partial charge is 0.251 e. The molecule has 130 valence electrons. The Bertz CT molecular complexity index is 616. The maximum atomic E-state index is 12.3. The summed E-state index contributed by atoms with van der Waals surface area (Å²) < 4.78 is 0. The van der Waals surface area contributed by atoms with Crippen molar-refractivity contribution in [2.24, 2.45) is 17.8 Å². The van der Waals surface area contributed by atoms with Crippen LogP contribution in [0.15, 0.2) is 24.3 Å². The van der Waals surface area contributed by atoms with Crippen molar-refractivity contribution >= 4 is 17.5 Å². The van der Waals surface area contributed by atoms with Crippen molar-refractivity contribution in [2.45, 2.75) is 58.4 Å². The van der Waals surface area contributed by atoms with Crippen LogP contribution >= 0.6 is 0 Å². The lowest BCUT2D eigenvalue weighted by molar-refractivity contribution is -0.117. The molecule has 2 fully saturated rings. The van der Waals surface area contributed by atoms with Gasteiger partial charge in [-0.15, -0.1) is 0 Å². The third kappa shape index (κ3) is 4.16. The highest BCUT2D eigenvalue weighted by Gasteiger charge is 2.40. The lowest BCUT2D eigenvalue weighted by Crippen LogP contribution is -2.40. The lowest BCUT2D eigenvalue weighted by Gasteiger charge is -2.21. The van der Waals surface area contributed by atoms with Gasteiger partial charge in [0.1, 0.15) is 0 Å². The fourth-order valence-electron chi connectivity index (χ4n) is 4.19. The Labute approximate surface area is 144 Å². The van der Waals surface area contributed by atoms with Crippen LogP contribution in [-0.4, -0.2) is 17.4 Å². The molecule has 2 aliphatic carbocycles. The predicted molar refractivity (Wildman–Crippen MR) is 95.8 cm³/mol. The maximum Gasteiger partial charge on any atom is 0.251 e. The molecule has 1 aromatic carbocycles. The topological polar surface area (TPSA) is 58.2 Å². The molecule has 0 radical (unpaired) electrons. The van der Waals surface area contributed by atoms with Crippen molar-refractivity contribution in [3.05, 3.63) is 29.8 Å². The van der Waals surface area contributed by atoms with E-state index in [1.54, 1.807) is 24.3 Å². The maximum absolute atomic E-state index is 12.3. The summed E-state index contributed by atoms with van der Waals surface area (Å²) in [4.78, 5) is 24.4. The van der Waals surface area contributed by atoms with Crippen LogP contribution in [0.2, 0.25) is 0 Å². The lowest BCUT2D eigenvalue weighted by atomic mass is 9.86. The number of amides is 2. The van der Waals surface area contributed by atoms with E-state index >= 15 is 0 Å². The molecule has 1 aromatic rings. The molecule has 0 saturated heterocycles. The average Bonchev–Trinajstić information content (AvgIpc) is 3.08. The number of benzene rings is 1. The van der Waals surface area contributed by atoms with E-state index in [4.69, 9.17) is 0 Å². The van der Waals surface area contributed by atoms with Crippen LogP contribution in [0, 0.1) is 17.8 Å². The van der Waals surface area contributed by atoms with Gasteiger partial charge >= 0.3 is 0 Å². The summed E-state index contributed by atoms with van der Waals surface area (Å²) in [5.74, 6) is 2.21. The highest BCUT2D eigenvalue weighted by molar-refractivity contribution is 5.96. The zero-order valence-electron chi connectivity index (χ0n) is 14.9. The molecule has 2 N–H and O–H groups in total. The number of carbonyl (C=O) groups excluding carboxylic acids is 2. The Hall–Kier alpha value is -1.84. The largest absolute Gasteiger partial charge is 0.347 e. The van der Waals surface area contributed by atoms with Gasteiger partial charge < -0.3 is 10.6 Å². The van der Waals surface area contributed by atoms with Gasteiger partial charge in [0.15, 0.2) is 0 Å². The van der Waals surface area contributed by atoms with Gasteiger partial charge in [0.25, 0.3) is 5.91 Å². The summed E-state index contributed by atoms with van der Waals surface area (Å²) in [6, 6.07) is 7.12. The number of rotatable bonds is 4. The summed E-state index contributed by atoms with van der Waals surface area (Å²) in [6.45, 7) is 5.86. The number of nitrogens with one attached hydrogen (secondary N) is 2. The molecule has 0 aliphatic heterocycles. The Balaban J connectivity index is 1.52. The normalized spacial score (nSPS) is 25.5. The predicted octanol–water partition coefficient (Wildman–Crippen LogP) is 3.98. The third-order valence-electron chi connectivity index (χ3n) is 5.25. The van der Waals surface area contributed by atoms with Crippen molar-refractivity contribution in [1.29, 1.82) is 0 Å². The summed E-state index contributed by atoms with van der Waals surface area (Å²) in [7, 11) is 0. The molecule has 2 aliphatic rings. The Morgan fingerprint density at radius 1 is 1.08 bits per heavy atom. The van der Waals surface area contributed by atoms with E-state index in [1.165, 1.54) is 25.7 Å². The number of fused-ring (bicyclic) bond motifs is 2. The van der Waals surface area contributed by atoms with E-state index in [0.29, 0.717) is 17.9 Å². The first-order chi connectivity index (χ1) is 11.3. The molecule has 2 amide bonds. The van der Waals surface area contributed by atoms with Gasteiger partial charge in [0, 0.05) is 23.2 Å². The first-order valence-corrected chi connectivity index (χ1v) is 9.02. The van der Waals surface area contributed by atoms with Crippen LogP contribution in [0.3, 0.4) is 0 Å². The van der Waals surface area contributed by atoms with Gasteiger partial charge in [-0.25, -0.2) is 0 Å². The van der Waals surface area contributed by atoms with Crippen LogP contribution in [-0.2, 0) is 4.79 Å². The first-order valence-electron chi connectivity index (χ1n) is 9.02. The van der Waals surface area contributed by atoms with Gasteiger partial charge in [-0.1, -0.05) is 6.42 Å². The SMILES string of the molecule is CC(C)(C)NC(=O)c1ccc(NC(=O)C[C@H]2C[C@H]3CC[C@H]2C3)cc1. The first kappa shape index (κ1) is 17.0. The van der Waals surface area contributed by atoms with Crippen molar-refractivity contribution < 1.29 is 9.59 Å². The number of hydrogen-bond donors (Lipinski definition) is 2. The molecule has 3 rings (SSSR count).